The van der Waals surface area contributed by atoms with E-state index >= 15 is 0 Å². The first-order valence-electron chi connectivity index (χ1n) is 9.44. The molecule has 0 spiro atoms. The van der Waals surface area contributed by atoms with Gasteiger partial charge in [0.25, 0.3) is 5.91 Å². The molecule has 1 aliphatic rings. The monoisotopic (exact) mass is 379 g/mol. The highest BCUT2D eigenvalue weighted by atomic mass is 19.1. The van der Waals surface area contributed by atoms with E-state index in [4.69, 9.17) is 4.74 Å². The summed E-state index contributed by atoms with van der Waals surface area (Å²) in [4.78, 5) is 18.9. The number of ether oxygens (including phenoxy) is 1. The van der Waals surface area contributed by atoms with Gasteiger partial charge in [-0.15, -0.1) is 0 Å². The predicted octanol–water partition coefficient (Wildman–Crippen LogP) is 3.10. The molecule has 0 bridgehead atoms. The van der Waals surface area contributed by atoms with E-state index in [-0.39, 0.29) is 11.7 Å². The Morgan fingerprint density at radius 1 is 1.11 bits per heavy atom. The molecule has 2 aromatic carbocycles. The number of hydrogen-bond acceptors (Lipinski definition) is 4. The molecule has 144 valence electrons. The standard InChI is InChI=1S/C22H22FN3O2/c23-20-2-1-3-21-19(20)14-18(15-25-21)16-4-6-17(7-5-16)22(27)24-8-9-26-10-12-28-13-11-26/h1-7,14-15H,8-13H2,(H,24,27). The third kappa shape index (κ3) is 4.18. The molecule has 1 amide bonds. The third-order valence-corrected chi connectivity index (χ3v) is 4.97. The number of nitrogens with one attached hydrogen (secondary N) is 1. The Morgan fingerprint density at radius 3 is 2.68 bits per heavy atom. The lowest BCUT2D eigenvalue weighted by molar-refractivity contribution is 0.0383. The van der Waals surface area contributed by atoms with Crippen LogP contribution in [0.1, 0.15) is 10.4 Å². The number of carbonyl (C=O) groups excluding carboxylic acids is 1. The Labute approximate surface area is 163 Å². The molecule has 0 radical (unpaired) electrons. The maximum atomic E-state index is 14.0. The van der Waals surface area contributed by atoms with Crippen molar-refractivity contribution in [1.29, 1.82) is 0 Å². The molecular weight excluding hydrogens is 357 g/mol. The minimum absolute atomic E-state index is 0.0949. The van der Waals surface area contributed by atoms with Crippen LogP contribution in [0.3, 0.4) is 0 Å². The lowest BCUT2D eigenvalue weighted by Crippen LogP contribution is -2.41. The predicted molar refractivity (Wildman–Crippen MR) is 107 cm³/mol. The van der Waals surface area contributed by atoms with Gasteiger partial charge in [-0.1, -0.05) is 18.2 Å². The summed E-state index contributed by atoms with van der Waals surface area (Å²) in [6, 6.07) is 13.9. The lowest BCUT2D eigenvalue weighted by atomic mass is 10.0. The fourth-order valence-corrected chi connectivity index (χ4v) is 3.34. The van der Waals surface area contributed by atoms with Gasteiger partial charge in [-0.3, -0.25) is 14.7 Å². The van der Waals surface area contributed by atoms with Crippen LogP contribution in [0.25, 0.3) is 22.0 Å². The van der Waals surface area contributed by atoms with Gasteiger partial charge in [-0.2, -0.15) is 0 Å². The molecule has 1 fully saturated rings. The number of carbonyl (C=O) groups is 1. The number of benzene rings is 2. The summed E-state index contributed by atoms with van der Waals surface area (Å²) in [7, 11) is 0. The highest BCUT2D eigenvalue weighted by Crippen LogP contribution is 2.24. The number of aromatic nitrogens is 1. The molecule has 1 aliphatic heterocycles. The van der Waals surface area contributed by atoms with E-state index in [0.717, 1.165) is 44.0 Å². The zero-order valence-electron chi connectivity index (χ0n) is 15.5. The zero-order chi connectivity index (χ0) is 19.3. The largest absolute Gasteiger partial charge is 0.379 e. The number of hydrogen-bond donors (Lipinski definition) is 1. The lowest BCUT2D eigenvalue weighted by Gasteiger charge is -2.26. The number of fused-ring (bicyclic) bond motifs is 1. The van der Waals surface area contributed by atoms with Gasteiger partial charge in [-0.05, 0) is 35.9 Å². The summed E-state index contributed by atoms with van der Waals surface area (Å²) >= 11 is 0. The number of nitrogens with zero attached hydrogens (tertiary/aromatic N) is 2. The molecule has 0 aliphatic carbocycles. The number of rotatable bonds is 5. The Morgan fingerprint density at radius 2 is 1.89 bits per heavy atom. The van der Waals surface area contributed by atoms with Gasteiger partial charge in [0.1, 0.15) is 5.82 Å². The first-order chi connectivity index (χ1) is 13.7. The molecule has 3 aromatic rings. The summed E-state index contributed by atoms with van der Waals surface area (Å²) in [5, 5.41) is 3.44. The van der Waals surface area contributed by atoms with Gasteiger partial charge in [0.05, 0.1) is 18.7 Å². The number of halogens is 1. The fourth-order valence-electron chi connectivity index (χ4n) is 3.34. The molecule has 0 atom stereocenters. The molecule has 1 N–H and O–H groups in total. The molecule has 0 saturated carbocycles. The van der Waals surface area contributed by atoms with Crippen molar-refractivity contribution < 1.29 is 13.9 Å². The normalized spacial score (nSPS) is 14.9. The summed E-state index contributed by atoms with van der Waals surface area (Å²) in [6.07, 6.45) is 1.72. The van der Waals surface area contributed by atoms with Gasteiger partial charge < -0.3 is 10.1 Å². The highest BCUT2D eigenvalue weighted by Gasteiger charge is 2.11. The second-order valence-electron chi connectivity index (χ2n) is 6.82. The van der Waals surface area contributed by atoms with E-state index in [1.807, 2.05) is 12.1 Å². The Hall–Kier alpha value is -2.83. The molecular formula is C22H22FN3O2. The topological polar surface area (TPSA) is 54.5 Å². The molecule has 1 saturated heterocycles. The van der Waals surface area contributed by atoms with Crippen LogP contribution in [0.5, 0.6) is 0 Å². The first-order valence-corrected chi connectivity index (χ1v) is 9.44. The Bertz CT molecular complexity index is 969. The quantitative estimate of drug-likeness (QED) is 0.740. The Balaban J connectivity index is 1.40. The van der Waals surface area contributed by atoms with Crippen molar-refractivity contribution in [2.75, 3.05) is 39.4 Å². The van der Waals surface area contributed by atoms with Crippen molar-refractivity contribution in [1.82, 2.24) is 15.2 Å². The summed E-state index contributed by atoms with van der Waals surface area (Å²) in [5.41, 5.74) is 2.94. The molecule has 4 rings (SSSR count). The first kappa shape index (κ1) is 18.5. The van der Waals surface area contributed by atoms with Crippen LogP contribution in [0.4, 0.5) is 4.39 Å². The van der Waals surface area contributed by atoms with Crippen LogP contribution < -0.4 is 5.32 Å². The van der Waals surface area contributed by atoms with E-state index in [1.54, 1.807) is 36.5 Å². The highest BCUT2D eigenvalue weighted by molar-refractivity contribution is 5.94. The number of amides is 1. The van der Waals surface area contributed by atoms with E-state index in [9.17, 15) is 9.18 Å². The molecule has 0 unspecified atom stereocenters. The maximum absolute atomic E-state index is 14.0. The maximum Gasteiger partial charge on any atom is 0.251 e. The molecule has 28 heavy (non-hydrogen) atoms. The third-order valence-electron chi connectivity index (χ3n) is 4.97. The van der Waals surface area contributed by atoms with Gasteiger partial charge in [-0.25, -0.2) is 4.39 Å². The second-order valence-corrected chi connectivity index (χ2v) is 6.82. The van der Waals surface area contributed by atoms with Crippen molar-refractivity contribution >= 4 is 16.8 Å². The number of morpholine rings is 1. The van der Waals surface area contributed by atoms with Crippen LogP contribution in [0, 0.1) is 5.82 Å². The average Bonchev–Trinajstić information content (AvgIpc) is 2.75. The van der Waals surface area contributed by atoms with E-state index in [1.165, 1.54) is 6.07 Å². The van der Waals surface area contributed by atoms with Gasteiger partial charge >= 0.3 is 0 Å². The van der Waals surface area contributed by atoms with E-state index in [2.05, 4.69) is 15.2 Å². The van der Waals surface area contributed by atoms with Crippen molar-refractivity contribution in [3.63, 3.8) is 0 Å². The van der Waals surface area contributed by atoms with E-state index < -0.39 is 0 Å². The fraction of sp³-hybridized carbons (Fsp3) is 0.273. The van der Waals surface area contributed by atoms with Gasteiger partial charge in [0.15, 0.2) is 0 Å². The van der Waals surface area contributed by atoms with Crippen molar-refractivity contribution in [3.05, 3.63) is 66.1 Å². The minimum atomic E-state index is -0.289. The van der Waals surface area contributed by atoms with Crippen LogP contribution in [0.15, 0.2) is 54.7 Å². The summed E-state index contributed by atoms with van der Waals surface area (Å²) in [5.74, 6) is -0.384. The SMILES string of the molecule is O=C(NCCN1CCOCC1)c1ccc(-c2cnc3cccc(F)c3c2)cc1. The number of pyridine rings is 1. The summed E-state index contributed by atoms with van der Waals surface area (Å²) in [6.45, 7) is 4.75. The smallest absolute Gasteiger partial charge is 0.251 e. The van der Waals surface area contributed by atoms with Crippen molar-refractivity contribution in [2.24, 2.45) is 0 Å². The summed E-state index contributed by atoms with van der Waals surface area (Å²) < 4.78 is 19.3. The van der Waals surface area contributed by atoms with Gasteiger partial charge in [0, 0.05) is 48.9 Å². The average molecular weight is 379 g/mol. The molecule has 2 heterocycles. The Kier molecular flexibility index (Phi) is 5.60. The van der Waals surface area contributed by atoms with Gasteiger partial charge in [0.2, 0.25) is 0 Å². The van der Waals surface area contributed by atoms with Crippen molar-refractivity contribution in [2.45, 2.75) is 0 Å². The van der Waals surface area contributed by atoms with Crippen LogP contribution in [-0.4, -0.2) is 55.2 Å². The van der Waals surface area contributed by atoms with Crippen molar-refractivity contribution in [3.8, 4) is 11.1 Å². The molecule has 6 heteroatoms. The molecule has 1 aromatic heterocycles. The minimum Gasteiger partial charge on any atom is -0.379 e. The van der Waals surface area contributed by atoms with E-state index in [0.29, 0.717) is 23.0 Å². The van der Waals surface area contributed by atoms with Crippen LogP contribution in [-0.2, 0) is 4.74 Å². The molecule has 5 nitrogen and oxygen atoms in total. The second kappa shape index (κ2) is 8.46. The zero-order valence-corrected chi connectivity index (χ0v) is 15.5. The van der Waals surface area contributed by atoms with Crippen LogP contribution >= 0.6 is 0 Å². The van der Waals surface area contributed by atoms with Crippen LogP contribution in [0.2, 0.25) is 0 Å².